The van der Waals surface area contributed by atoms with Crippen molar-refractivity contribution < 1.29 is 17.7 Å². The van der Waals surface area contributed by atoms with Gasteiger partial charge in [0.05, 0.1) is 19.3 Å². The van der Waals surface area contributed by atoms with E-state index < -0.39 is 10.0 Å². The van der Waals surface area contributed by atoms with Gasteiger partial charge in [0.15, 0.2) is 0 Å². The van der Waals surface area contributed by atoms with Crippen molar-refractivity contribution in [2.24, 2.45) is 0 Å². The first kappa shape index (κ1) is 15.3. The Balaban J connectivity index is 2.33. The number of nitrogens with two attached hydrogens (primary N) is 1. The number of benzene rings is 1. The van der Waals surface area contributed by atoms with Crippen LogP contribution in [0.2, 0.25) is 0 Å². The van der Waals surface area contributed by atoms with E-state index in [2.05, 4.69) is 5.16 Å². The number of rotatable bonds is 5. The molecule has 1 heterocycles. The van der Waals surface area contributed by atoms with Gasteiger partial charge >= 0.3 is 0 Å². The number of nitrogens with zero attached hydrogens (tertiary/aromatic N) is 2. The fourth-order valence-electron chi connectivity index (χ4n) is 1.87. The molecule has 0 aliphatic heterocycles. The average molecular weight is 311 g/mol. The number of anilines is 1. The maximum atomic E-state index is 12.6. The molecule has 2 rings (SSSR count). The zero-order chi connectivity index (χ0) is 15.6. The first-order chi connectivity index (χ1) is 9.84. The third-order valence-electron chi connectivity index (χ3n) is 2.94. The minimum Gasteiger partial charge on any atom is -0.495 e. The van der Waals surface area contributed by atoms with E-state index in [1.807, 2.05) is 0 Å². The van der Waals surface area contributed by atoms with Gasteiger partial charge < -0.3 is 15.0 Å². The summed E-state index contributed by atoms with van der Waals surface area (Å²) in [5.74, 6) is 0.832. The molecular weight excluding hydrogens is 294 g/mol. The SMILES string of the molecule is COc1cc(N)ccc1S(=O)(=O)N(C)Cc1cc(C)on1. The van der Waals surface area contributed by atoms with Crippen LogP contribution in [0.4, 0.5) is 5.69 Å². The maximum Gasteiger partial charge on any atom is 0.246 e. The quantitative estimate of drug-likeness (QED) is 0.838. The number of methoxy groups -OCH3 is 1. The van der Waals surface area contributed by atoms with Crippen molar-refractivity contribution in [3.8, 4) is 5.75 Å². The molecule has 0 aliphatic carbocycles. The van der Waals surface area contributed by atoms with Gasteiger partial charge in [-0.25, -0.2) is 8.42 Å². The molecule has 2 N–H and O–H groups in total. The zero-order valence-corrected chi connectivity index (χ0v) is 12.8. The van der Waals surface area contributed by atoms with Crippen molar-refractivity contribution >= 4 is 15.7 Å². The largest absolute Gasteiger partial charge is 0.495 e. The van der Waals surface area contributed by atoms with Crippen LogP contribution < -0.4 is 10.5 Å². The first-order valence-electron chi connectivity index (χ1n) is 6.16. The van der Waals surface area contributed by atoms with E-state index in [1.165, 1.54) is 36.7 Å². The molecule has 7 nitrogen and oxygen atoms in total. The van der Waals surface area contributed by atoms with Gasteiger partial charge in [0.2, 0.25) is 10.0 Å². The molecule has 114 valence electrons. The van der Waals surface area contributed by atoms with E-state index >= 15 is 0 Å². The fourth-order valence-corrected chi connectivity index (χ4v) is 3.15. The standard InChI is InChI=1S/C13H17N3O4S/c1-9-6-11(15-20-9)8-16(2)21(17,18)13-5-4-10(14)7-12(13)19-3/h4-7H,8,14H2,1-3H3. The van der Waals surface area contributed by atoms with Crippen LogP contribution in [0.3, 0.4) is 0 Å². The molecule has 0 atom stereocenters. The van der Waals surface area contributed by atoms with Gasteiger partial charge in [0, 0.05) is 24.9 Å². The van der Waals surface area contributed by atoms with Crippen LogP contribution >= 0.6 is 0 Å². The van der Waals surface area contributed by atoms with Crippen LogP contribution in [0.25, 0.3) is 0 Å². The lowest BCUT2D eigenvalue weighted by Gasteiger charge is -2.18. The average Bonchev–Trinajstić information content (AvgIpc) is 2.83. The molecular formula is C13H17N3O4S. The monoisotopic (exact) mass is 311 g/mol. The van der Waals surface area contributed by atoms with Crippen LogP contribution in [-0.2, 0) is 16.6 Å². The van der Waals surface area contributed by atoms with Crippen LogP contribution in [0.5, 0.6) is 5.75 Å². The number of hydrogen-bond donors (Lipinski definition) is 1. The summed E-state index contributed by atoms with van der Waals surface area (Å²) in [5, 5.41) is 3.79. The fraction of sp³-hybridized carbons (Fsp3) is 0.308. The van der Waals surface area contributed by atoms with Crippen LogP contribution in [-0.4, -0.2) is 32.0 Å². The Kier molecular flexibility index (Phi) is 4.19. The second-order valence-corrected chi connectivity index (χ2v) is 6.61. The molecule has 0 aliphatic rings. The molecule has 0 radical (unpaired) electrons. The van der Waals surface area contributed by atoms with Crippen molar-refractivity contribution in [3.63, 3.8) is 0 Å². The van der Waals surface area contributed by atoms with Crippen LogP contribution in [0, 0.1) is 6.92 Å². The van der Waals surface area contributed by atoms with Gasteiger partial charge in [-0.15, -0.1) is 0 Å². The third kappa shape index (κ3) is 3.17. The second-order valence-electron chi connectivity index (χ2n) is 4.60. The number of hydrogen-bond acceptors (Lipinski definition) is 6. The smallest absolute Gasteiger partial charge is 0.246 e. The van der Waals surface area contributed by atoms with Crippen molar-refractivity contribution in [2.75, 3.05) is 19.9 Å². The molecule has 0 amide bonds. The molecule has 8 heteroatoms. The highest BCUT2D eigenvalue weighted by Crippen LogP contribution is 2.28. The summed E-state index contributed by atoms with van der Waals surface area (Å²) in [6.07, 6.45) is 0. The van der Waals surface area contributed by atoms with Crippen LogP contribution in [0.1, 0.15) is 11.5 Å². The minimum atomic E-state index is -3.72. The maximum absolute atomic E-state index is 12.6. The molecule has 0 unspecified atom stereocenters. The Hall–Kier alpha value is -2.06. The highest BCUT2D eigenvalue weighted by Gasteiger charge is 2.25. The van der Waals surface area contributed by atoms with Gasteiger partial charge in [0.25, 0.3) is 0 Å². The molecule has 0 fully saturated rings. The van der Waals surface area contributed by atoms with E-state index in [4.69, 9.17) is 15.0 Å². The second kappa shape index (κ2) is 5.74. The minimum absolute atomic E-state index is 0.0573. The number of aromatic nitrogens is 1. The lowest BCUT2D eigenvalue weighted by atomic mass is 10.3. The summed E-state index contributed by atoms with van der Waals surface area (Å²) in [7, 11) is -0.851. The summed E-state index contributed by atoms with van der Waals surface area (Å²) in [4.78, 5) is 0.0573. The third-order valence-corrected chi connectivity index (χ3v) is 4.78. The van der Waals surface area contributed by atoms with Crippen molar-refractivity contribution in [1.82, 2.24) is 9.46 Å². The topological polar surface area (TPSA) is 98.7 Å². The first-order valence-corrected chi connectivity index (χ1v) is 7.60. The highest BCUT2D eigenvalue weighted by molar-refractivity contribution is 7.89. The van der Waals surface area contributed by atoms with Gasteiger partial charge in [-0.2, -0.15) is 4.31 Å². The molecule has 1 aromatic carbocycles. The molecule has 0 spiro atoms. The summed E-state index contributed by atoms with van der Waals surface area (Å²) in [6.45, 7) is 1.85. The number of nitrogen functional groups attached to an aromatic ring is 1. The Morgan fingerprint density at radius 3 is 2.67 bits per heavy atom. The molecule has 21 heavy (non-hydrogen) atoms. The van der Waals surface area contributed by atoms with Crippen molar-refractivity contribution in [2.45, 2.75) is 18.4 Å². The Labute approximate surface area is 123 Å². The van der Waals surface area contributed by atoms with E-state index in [1.54, 1.807) is 13.0 Å². The number of sulfonamides is 1. The van der Waals surface area contributed by atoms with Gasteiger partial charge in [-0.3, -0.25) is 0 Å². The molecule has 1 aromatic heterocycles. The lowest BCUT2D eigenvalue weighted by molar-refractivity contribution is 0.376. The number of ether oxygens (including phenoxy) is 1. The van der Waals surface area contributed by atoms with E-state index in [9.17, 15) is 8.42 Å². The normalized spacial score (nSPS) is 11.8. The van der Waals surface area contributed by atoms with Gasteiger partial charge in [-0.1, -0.05) is 5.16 Å². The predicted octanol–water partition coefficient (Wildman–Crippen LogP) is 1.39. The number of aryl methyl sites for hydroxylation is 1. The zero-order valence-electron chi connectivity index (χ0n) is 12.0. The summed E-state index contributed by atoms with van der Waals surface area (Å²) >= 11 is 0. The van der Waals surface area contributed by atoms with Gasteiger partial charge in [-0.05, 0) is 19.1 Å². The van der Waals surface area contributed by atoms with Crippen LogP contribution in [0.15, 0.2) is 33.7 Å². The molecule has 0 saturated heterocycles. The summed E-state index contributed by atoms with van der Waals surface area (Å²) in [6, 6.07) is 6.10. The Morgan fingerprint density at radius 2 is 2.10 bits per heavy atom. The van der Waals surface area contributed by atoms with Crippen molar-refractivity contribution in [3.05, 3.63) is 35.7 Å². The molecule has 0 saturated carbocycles. The highest BCUT2D eigenvalue weighted by atomic mass is 32.2. The van der Waals surface area contributed by atoms with Crippen molar-refractivity contribution in [1.29, 1.82) is 0 Å². The Morgan fingerprint density at radius 1 is 1.38 bits per heavy atom. The Bertz CT molecular complexity index is 740. The van der Waals surface area contributed by atoms with E-state index in [-0.39, 0.29) is 17.2 Å². The van der Waals surface area contributed by atoms with E-state index in [0.717, 1.165) is 0 Å². The lowest BCUT2D eigenvalue weighted by Crippen LogP contribution is -2.27. The summed E-state index contributed by atoms with van der Waals surface area (Å²) < 4.78 is 36.4. The molecule has 0 bridgehead atoms. The summed E-state index contributed by atoms with van der Waals surface area (Å²) in [5.41, 5.74) is 6.60. The van der Waals surface area contributed by atoms with E-state index in [0.29, 0.717) is 17.1 Å². The molecule has 2 aromatic rings. The predicted molar refractivity (Wildman–Crippen MR) is 77.3 cm³/mol. The van der Waals surface area contributed by atoms with Gasteiger partial charge in [0.1, 0.15) is 16.4 Å².